The van der Waals surface area contributed by atoms with Gasteiger partial charge in [0.05, 0.1) is 7.11 Å². The number of hydrogen-bond donors (Lipinski definition) is 1. The van der Waals surface area contributed by atoms with Gasteiger partial charge in [-0.2, -0.15) is 0 Å². The molecular formula is C19H19NO. The summed E-state index contributed by atoms with van der Waals surface area (Å²) < 4.78 is 5.20. The number of benzene rings is 2. The number of methoxy groups -OCH3 is 1. The first-order valence-electron chi connectivity index (χ1n) is 7.08. The second-order valence-corrected chi connectivity index (χ2v) is 5.35. The van der Waals surface area contributed by atoms with Crippen molar-refractivity contribution in [3.63, 3.8) is 0 Å². The maximum atomic E-state index is 5.20. The quantitative estimate of drug-likeness (QED) is 0.718. The van der Waals surface area contributed by atoms with Crippen LogP contribution in [0.5, 0.6) is 5.75 Å². The topological polar surface area (TPSA) is 25.0 Å². The zero-order valence-electron chi connectivity index (χ0n) is 12.6. The highest BCUT2D eigenvalue weighted by atomic mass is 16.5. The van der Waals surface area contributed by atoms with Gasteiger partial charge in [0.2, 0.25) is 0 Å². The molecule has 0 bridgehead atoms. The summed E-state index contributed by atoms with van der Waals surface area (Å²) in [5.74, 6) is 0.875. The van der Waals surface area contributed by atoms with Crippen molar-refractivity contribution in [2.24, 2.45) is 0 Å². The van der Waals surface area contributed by atoms with Crippen molar-refractivity contribution in [2.45, 2.75) is 13.8 Å². The Kier molecular flexibility index (Phi) is 3.53. The van der Waals surface area contributed by atoms with E-state index in [9.17, 15) is 0 Å². The van der Waals surface area contributed by atoms with E-state index in [0.29, 0.717) is 0 Å². The van der Waals surface area contributed by atoms with Gasteiger partial charge in [0.15, 0.2) is 0 Å². The van der Waals surface area contributed by atoms with E-state index in [-0.39, 0.29) is 0 Å². The lowest BCUT2D eigenvalue weighted by molar-refractivity contribution is 0.415. The zero-order chi connectivity index (χ0) is 14.8. The first-order chi connectivity index (χ1) is 10.2. The highest BCUT2D eigenvalue weighted by Crippen LogP contribution is 2.29. The summed E-state index contributed by atoms with van der Waals surface area (Å²) >= 11 is 0. The van der Waals surface area contributed by atoms with Crippen LogP contribution < -0.4 is 4.74 Å². The van der Waals surface area contributed by atoms with Gasteiger partial charge in [-0.15, -0.1) is 0 Å². The molecule has 0 unspecified atom stereocenters. The molecule has 3 aromatic rings. The van der Waals surface area contributed by atoms with Crippen molar-refractivity contribution in [3.8, 4) is 28.1 Å². The van der Waals surface area contributed by atoms with Crippen LogP contribution in [0.15, 0.2) is 54.7 Å². The number of H-pyrrole nitrogens is 1. The average Bonchev–Trinajstić information content (AvgIpc) is 2.97. The molecule has 1 aromatic heterocycles. The predicted octanol–water partition coefficient (Wildman–Crippen LogP) is 4.97. The van der Waals surface area contributed by atoms with Crippen molar-refractivity contribution in [1.82, 2.24) is 4.98 Å². The Hall–Kier alpha value is -2.48. The van der Waals surface area contributed by atoms with E-state index in [4.69, 9.17) is 4.74 Å². The number of hydrogen-bond acceptors (Lipinski definition) is 1. The van der Waals surface area contributed by atoms with E-state index in [0.717, 1.165) is 17.0 Å². The molecule has 0 atom stereocenters. The van der Waals surface area contributed by atoms with E-state index < -0.39 is 0 Å². The first-order valence-corrected chi connectivity index (χ1v) is 7.08. The minimum atomic E-state index is 0.875. The molecule has 2 nitrogen and oxygen atoms in total. The first kappa shape index (κ1) is 13.5. The number of aromatic nitrogens is 1. The van der Waals surface area contributed by atoms with Crippen molar-refractivity contribution in [2.75, 3.05) is 7.11 Å². The zero-order valence-corrected chi connectivity index (χ0v) is 12.6. The molecule has 3 rings (SSSR count). The van der Waals surface area contributed by atoms with Gasteiger partial charge in [0, 0.05) is 17.5 Å². The molecule has 2 heteroatoms. The van der Waals surface area contributed by atoms with Crippen LogP contribution in [-0.4, -0.2) is 12.1 Å². The Morgan fingerprint density at radius 2 is 1.62 bits per heavy atom. The van der Waals surface area contributed by atoms with E-state index in [1.165, 1.54) is 22.3 Å². The van der Waals surface area contributed by atoms with Crippen LogP contribution >= 0.6 is 0 Å². The fourth-order valence-electron chi connectivity index (χ4n) is 2.62. The monoisotopic (exact) mass is 277 g/mol. The average molecular weight is 277 g/mol. The summed E-state index contributed by atoms with van der Waals surface area (Å²) in [6.07, 6.45) is 2.07. The summed E-state index contributed by atoms with van der Waals surface area (Å²) in [6, 6.07) is 16.8. The van der Waals surface area contributed by atoms with Gasteiger partial charge in [0.1, 0.15) is 5.75 Å². The molecule has 0 aliphatic heterocycles. The van der Waals surface area contributed by atoms with Crippen LogP contribution in [0.2, 0.25) is 0 Å². The Labute approximate surface area is 125 Å². The molecule has 1 heterocycles. The fourth-order valence-corrected chi connectivity index (χ4v) is 2.62. The molecule has 0 aliphatic rings. The normalized spacial score (nSPS) is 10.6. The molecule has 106 valence electrons. The van der Waals surface area contributed by atoms with Gasteiger partial charge in [-0.1, -0.05) is 23.8 Å². The maximum Gasteiger partial charge on any atom is 0.118 e. The largest absolute Gasteiger partial charge is 0.497 e. The second kappa shape index (κ2) is 5.49. The van der Waals surface area contributed by atoms with E-state index >= 15 is 0 Å². The van der Waals surface area contributed by atoms with Crippen molar-refractivity contribution in [1.29, 1.82) is 0 Å². The minimum absolute atomic E-state index is 0.875. The summed E-state index contributed by atoms with van der Waals surface area (Å²) in [5.41, 5.74) is 7.37. The SMILES string of the molecule is COc1ccc(-c2cc(-c3ccc(C)cc3C)c[nH]2)cc1. The standard InChI is InChI=1S/C19H19NO/c1-13-4-9-18(14(2)10-13)16-11-19(20-12-16)15-5-7-17(21-3)8-6-15/h4-12,20H,1-3H3. The molecule has 0 saturated carbocycles. The summed E-state index contributed by atoms with van der Waals surface area (Å²) in [7, 11) is 1.68. The number of rotatable bonds is 3. The van der Waals surface area contributed by atoms with E-state index in [2.05, 4.69) is 61.4 Å². The maximum absolute atomic E-state index is 5.20. The van der Waals surface area contributed by atoms with Crippen LogP contribution in [0, 0.1) is 13.8 Å². The molecular weight excluding hydrogens is 258 g/mol. The van der Waals surface area contributed by atoms with E-state index in [1.54, 1.807) is 7.11 Å². The third-order valence-corrected chi connectivity index (χ3v) is 3.78. The fraction of sp³-hybridized carbons (Fsp3) is 0.158. The Balaban J connectivity index is 1.95. The Morgan fingerprint density at radius 3 is 2.29 bits per heavy atom. The number of ether oxygens (including phenoxy) is 1. The van der Waals surface area contributed by atoms with Gasteiger partial charge >= 0.3 is 0 Å². The van der Waals surface area contributed by atoms with Gasteiger partial charge < -0.3 is 9.72 Å². The van der Waals surface area contributed by atoms with Gasteiger partial charge in [-0.25, -0.2) is 0 Å². The summed E-state index contributed by atoms with van der Waals surface area (Å²) in [5, 5.41) is 0. The third kappa shape index (κ3) is 2.70. The van der Waals surface area contributed by atoms with Crippen LogP contribution in [0.3, 0.4) is 0 Å². The van der Waals surface area contributed by atoms with Crippen LogP contribution in [-0.2, 0) is 0 Å². The number of nitrogens with one attached hydrogen (secondary N) is 1. The molecule has 21 heavy (non-hydrogen) atoms. The summed E-state index contributed by atoms with van der Waals surface area (Å²) in [6.45, 7) is 4.28. The minimum Gasteiger partial charge on any atom is -0.497 e. The van der Waals surface area contributed by atoms with Crippen molar-refractivity contribution < 1.29 is 4.74 Å². The lowest BCUT2D eigenvalue weighted by atomic mass is 10.0. The highest BCUT2D eigenvalue weighted by molar-refractivity contribution is 5.73. The van der Waals surface area contributed by atoms with E-state index in [1.807, 2.05) is 12.1 Å². The highest BCUT2D eigenvalue weighted by Gasteiger charge is 2.06. The molecule has 0 fully saturated rings. The summed E-state index contributed by atoms with van der Waals surface area (Å²) in [4.78, 5) is 3.36. The Bertz CT molecular complexity index is 753. The van der Waals surface area contributed by atoms with Gasteiger partial charge in [0.25, 0.3) is 0 Å². The van der Waals surface area contributed by atoms with Crippen molar-refractivity contribution >= 4 is 0 Å². The van der Waals surface area contributed by atoms with Crippen LogP contribution in [0.25, 0.3) is 22.4 Å². The molecule has 2 aromatic carbocycles. The second-order valence-electron chi connectivity index (χ2n) is 5.35. The lowest BCUT2D eigenvalue weighted by Crippen LogP contribution is -1.83. The predicted molar refractivity (Wildman–Crippen MR) is 87.7 cm³/mol. The number of aromatic amines is 1. The molecule has 0 spiro atoms. The third-order valence-electron chi connectivity index (χ3n) is 3.78. The molecule has 0 aliphatic carbocycles. The molecule has 0 saturated heterocycles. The smallest absolute Gasteiger partial charge is 0.118 e. The molecule has 1 N–H and O–H groups in total. The molecule has 0 radical (unpaired) electrons. The van der Waals surface area contributed by atoms with Crippen LogP contribution in [0.4, 0.5) is 0 Å². The number of aryl methyl sites for hydroxylation is 2. The Morgan fingerprint density at radius 1 is 0.857 bits per heavy atom. The lowest BCUT2D eigenvalue weighted by Gasteiger charge is -2.04. The molecule has 0 amide bonds. The van der Waals surface area contributed by atoms with Gasteiger partial charge in [-0.05, 0) is 60.9 Å². The van der Waals surface area contributed by atoms with Crippen molar-refractivity contribution in [3.05, 3.63) is 65.9 Å². The van der Waals surface area contributed by atoms with Gasteiger partial charge in [-0.3, -0.25) is 0 Å². The van der Waals surface area contributed by atoms with Crippen LogP contribution in [0.1, 0.15) is 11.1 Å².